The zero-order chi connectivity index (χ0) is 62.8. The number of aliphatic hydroxyl groups excluding tert-OH is 1. The summed E-state index contributed by atoms with van der Waals surface area (Å²) in [6.07, 6.45) is 44.4. The molecule has 17 nitrogen and oxygen atoms in total. The summed E-state index contributed by atoms with van der Waals surface area (Å²) < 4.78 is 68.0. The Morgan fingerprint density at radius 3 is 0.800 bits per heavy atom. The van der Waals surface area contributed by atoms with Crippen LogP contribution in [0.4, 0.5) is 0 Å². The monoisotopic (exact) mass is 1250 g/mol. The normalized spacial score (nSPS) is 14.2. The highest BCUT2D eigenvalue weighted by Gasteiger charge is 2.30. The number of phosphoric ester groups is 2. The first-order chi connectivity index (χ1) is 41.0. The second-order valence-electron chi connectivity index (χ2n) is 24.3. The Kier molecular flexibility index (Phi) is 58.3. The molecule has 3 N–H and O–H groups in total. The highest BCUT2D eigenvalue weighted by Crippen LogP contribution is 2.45. The van der Waals surface area contributed by atoms with Gasteiger partial charge in [0.15, 0.2) is 12.2 Å². The third kappa shape index (κ3) is 60.7. The number of ether oxygens (including phenoxy) is 4. The molecule has 0 aromatic carbocycles. The molecule has 0 heterocycles. The van der Waals surface area contributed by atoms with Crippen LogP contribution in [-0.2, 0) is 65.4 Å². The molecule has 0 spiro atoms. The molecule has 0 rings (SSSR count). The summed E-state index contributed by atoms with van der Waals surface area (Å²) in [7, 11) is -9.89. The second kappa shape index (κ2) is 59.7. The largest absolute Gasteiger partial charge is 0.472 e. The minimum atomic E-state index is -4.95. The molecule has 0 fully saturated rings. The van der Waals surface area contributed by atoms with Gasteiger partial charge >= 0.3 is 39.5 Å². The van der Waals surface area contributed by atoms with Gasteiger partial charge in [0.1, 0.15) is 19.3 Å². The van der Waals surface area contributed by atoms with E-state index < -0.39 is 97.5 Å². The van der Waals surface area contributed by atoms with Crippen molar-refractivity contribution >= 4 is 39.5 Å². The summed E-state index contributed by atoms with van der Waals surface area (Å²) in [5.41, 5.74) is 0. The van der Waals surface area contributed by atoms with E-state index in [0.29, 0.717) is 25.7 Å². The minimum absolute atomic E-state index is 0.105. The summed E-state index contributed by atoms with van der Waals surface area (Å²) >= 11 is 0. The molecule has 2 unspecified atom stereocenters. The fraction of sp³-hybridized carbons (Fsp3) is 0.939. The number of unbranched alkanes of at least 4 members (excludes halogenated alkanes) is 38. The SMILES string of the molecule is CCCCCCCCCCCCCCCC(=O)OC[C@H](COP(=O)(O)OC[C@@H](O)COP(=O)(O)OC[C@@H](COC(=O)CCCCCCCCC)OC(=O)CCCCCCCCCCCC(C)C)OC(=O)CCCCCCCCCCCCCCC. The lowest BCUT2D eigenvalue weighted by atomic mass is 10.0. The molecule has 19 heteroatoms. The van der Waals surface area contributed by atoms with Gasteiger partial charge in [0.05, 0.1) is 26.4 Å². The lowest BCUT2D eigenvalue weighted by molar-refractivity contribution is -0.161. The molecule has 5 atom stereocenters. The van der Waals surface area contributed by atoms with Gasteiger partial charge < -0.3 is 33.8 Å². The quantitative estimate of drug-likeness (QED) is 0.0222. The molecule has 504 valence electrons. The summed E-state index contributed by atoms with van der Waals surface area (Å²) in [6.45, 7) is 7.16. The van der Waals surface area contributed by atoms with E-state index in [1.54, 1.807) is 0 Å². The Morgan fingerprint density at radius 1 is 0.318 bits per heavy atom. The van der Waals surface area contributed by atoms with Gasteiger partial charge in [0, 0.05) is 25.7 Å². The van der Waals surface area contributed by atoms with E-state index in [1.807, 2.05) is 0 Å². The van der Waals surface area contributed by atoms with Crippen molar-refractivity contribution in [3.63, 3.8) is 0 Å². The van der Waals surface area contributed by atoms with E-state index in [-0.39, 0.29) is 25.7 Å². The van der Waals surface area contributed by atoms with Gasteiger partial charge in [-0.15, -0.1) is 0 Å². The maximum atomic E-state index is 13.0. The standard InChI is InChI=1S/C66H128O17P2/c1-6-9-12-15-18-20-22-24-26-30-35-40-45-50-64(69)77-56-62(83-65(70)51-46-41-36-31-27-25-23-21-19-16-13-10-7-2)58-81-85(74,75)79-54-60(67)53-78-84(72,73)80-57-61(55-76-63(68)49-44-39-33-17-14-11-8-3)82-66(71)52-47-42-37-32-28-29-34-38-43-48-59(4)5/h59-62,67H,6-58H2,1-5H3,(H,72,73)(H,74,75)/t60-,61+,62+/m0/s1. The molecule has 0 aliphatic carbocycles. The van der Waals surface area contributed by atoms with Crippen molar-refractivity contribution in [2.24, 2.45) is 5.92 Å². The smallest absolute Gasteiger partial charge is 0.462 e. The van der Waals surface area contributed by atoms with Crippen LogP contribution in [0.25, 0.3) is 0 Å². The molecule has 0 aliphatic heterocycles. The minimum Gasteiger partial charge on any atom is -0.462 e. The van der Waals surface area contributed by atoms with Crippen LogP contribution in [-0.4, -0.2) is 96.7 Å². The first kappa shape index (κ1) is 83.1. The molecular weight excluding hydrogens is 1130 g/mol. The van der Waals surface area contributed by atoms with Crippen LogP contribution < -0.4 is 0 Å². The van der Waals surface area contributed by atoms with Crippen molar-refractivity contribution in [2.75, 3.05) is 39.6 Å². The van der Waals surface area contributed by atoms with Gasteiger partial charge in [0.25, 0.3) is 0 Å². The van der Waals surface area contributed by atoms with Crippen LogP contribution >= 0.6 is 15.6 Å². The Labute approximate surface area is 517 Å². The van der Waals surface area contributed by atoms with Gasteiger partial charge in [-0.2, -0.15) is 0 Å². The van der Waals surface area contributed by atoms with Crippen LogP contribution in [0.1, 0.15) is 336 Å². The van der Waals surface area contributed by atoms with Gasteiger partial charge in [-0.25, -0.2) is 9.13 Å². The molecule has 0 aliphatic rings. The summed E-state index contributed by atoms with van der Waals surface area (Å²) in [5.74, 6) is -1.39. The fourth-order valence-electron chi connectivity index (χ4n) is 9.94. The summed E-state index contributed by atoms with van der Waals surface area (Å²) in [4.78, 5) is 72.2. The molecule has 0 radical (unpaired) electrons. The second-order valence-corrected chi connectivity index (χ2v) is 27.2. The van der Waals surface area contributed by atoms with Crippen molar-refractivity contribution < 1.29 is 80.2 Å². The number of carbonyl (C=O) groups is 4. The van der Waals surface area contributed by atoms with Gasteiger partial charge in [-0.1, -0.05) is 285 Å². The van der Waals surface area contributed by atoms with Crippen LogP contribution in [0.5, 0.6) is 0 Å². The maximum Gasteiger partial charge on any atom is 0.472 e. The first-order valence-corrected chi connectivity index (χ1v) is 37.6. The summed E-state index contributed by atoms with van der Waals surface area (Å²) in [6, 6.07) is 0. The average molecular weight is 1260 g/mol. The van der Waals surface area contributed by atoms with Crippen molar-refractivity contribution in [1.82, 2.24) is 0 Å². The number of phosphoric acid groups is 2. The molecule has 0 aromatic rings. The zero-order valence-corrected chi connectivity index (χ0v) is 56.5. The fourth-order valence-corrected chi connectivity index (χ4v) is 11.5. The number of esters is 4. The molecule has 0 aromatic heterocycles. The molecule has 0 amide bonds. The Balaban J connectivity index is 5.21. The lowest BCUT2D eigenvalue weighted by Gasteiger charge is -2.21. The van der Waals surface area contributed by atoms with Crippen LogP contribution in [0.15, 0.2) is 0 Å². The van der Waals surface area contributed by atoms with Gasteiger partial charge in [-0.3, -0.25) is 37.3 Å². The van der Waals surface area contributed by atoms with Gasteiger partial charge in [-0.05, 0) is 31.6 Å². The molecule has 85 heavy (non-hydrogen) atoms. The number of aliphatic hydroxyl groups is 1. The topological polar surface area (TPSA) is 237 Å². The molecular formula is C66H128O17P2. The highest BCUT2D eigenvalue weighted by molar-refractivity contribution is 7.47. The number of carbonyl (C=O) groups excluding carboxylic acids is 4. The third-order valence-electron chi connectivity index (χ3n) is 15.3. The average Bonchev–Trinajstić information content (AvgIpc) is 3.55. The van der Waals surface area contributed by atoms with E-state index in [2.05, 4.69) is 34.6 Å². The molecule has 0 bridgehead atoms. The highest BCUT2D eigenvalue weighted by atomic mass is 31.2. The van der Waals surface area contributed by atoms with Crippen molar-refractivity contribution in [2.45, 2.75) is 355 Å². The summed E-state index contributed by atoms with van der Waals surface area (Å²) in [5, 5.41) is 10.5. The van der Waals surface area contributed by atoms with Gasteiger partial charge in [0.2, 0.25) is 0 Å². The van der Waals surface area contributed by atoms with Crippen LogP contribution in [0, 0.1) is 5.92 Å². The maximum absolute atomic E-state index is 13.0. The third-order valence-corrected chi connectivity index (χ3v) is 17.2. The Morgan fingerprint density at radius 2 is 0.541 bits per heavy atom. The van der Waals surface area contributed by atoms with Crippen molar-refractivity contribution in [3.05, 3.63) is 0 Å². The predicted molar refractivity (Wildman–Crippen MR) is 340 cm³/mol. The molecule has 0 saturated heterocycles. The van der Waals surface area contributed by atoms with E-state index >= 15 is 0 Å². The first-order valence-electron chi connectivity index (χ1n) is 34.6. The van der Waals surface area contributed by atoms with E-state index in [1.165, 1.54) is 148 Å². The predicted octanol–water partition coefficient (Wildman–Crippen LogP) is 18.6. The Bertz CT molecular complexity index is 1650. The van der Waals surface area contributed by atoms with E-state index in [4.69, 9.17) is 37.0 Å². The van der Waals surface area contributed by atoms with E-state index in [9.17, 15) is 43.2 Å². The molecule has 0 saturated carbocycles. The van der Waals surface area contributed by atoms with Crippen molar-refractivity contribution in [1.29, 1.82) is 0 Å². The van der Waals surface area contributed by atoms with Crippen LogP contribution in [0.2, 0.25) is 0 Å². The zero-order valence-electron chi connectivity index (χ0n) is 54.7. The van der Waals surface area contributed by atoms with E-state index in [0.717, 1.165) is 109 Å². The number of hydrogen-bond acceptors (Lipinski definition) is 15. The lowest BCUT2D eigenvalue weighted by Crippen LogP contribution is -2.30. The number of rotatable bonds is 66. The van der Waals surface area contributed by atoms with Crippen LogP contribution in [0.3, 0.4) is 0 Å². The Hall–Kier alpha value is -1.94. The number of hydrogen-bond donors (Lipinski definition) is 3. The van der Waals surface area contributed by atoms with Crippen molar-refractivity contribution in [3.8, 4) is 0 Å².